The average molecular weight is 642 g/mol. The van der Waals surface area contributed by atoms with E-state index in [1.165, 1.54) is 27.0 Å². The minimum Gasteiger partial charge on any atom is -0.332 e. The second-order valence-electron chi connectivity index (χ2n) is 12.9. The van der Waals surface area contributed by atoms with E-state index < -0.39 is 42.3 Å². The highest BCUT2D eigenvalue weighted by Gasteiger charge is 2.49. The molecule has 4 heterocycles. The summed E-state index contributed by atoms with van der Waals surface area (Å²) in [4.78, 5) is 57.5. The molecule has 1 N–H and O–H groups in total. The van der Waals surface area contributed by atoms with Gasteiger partial charge < -0.3 is 9.80 Å². The van der Waals surface area contributed by atoms with Crippen molar-refractivity contribution in [3.63, 3.8) is 0 Å². The van der Waals surface area contributed by atoms with Crippen LogP contribution in [-0.2, 0) is 16.1 Å². The fourth-order valence-corrected chi connectivity index (χ4v) is 7.61. The second-order valence-corrected chi connectivity index (χ2v) is 12.9. The molecule has 2 unspecified atom stereocenters. The predicted molar refractivity (Wildman–Crippen MR) is 170 cm³/mol. The number of imide groups is 1. The van der Waals surface area contributed by atoms with Crippen LogP contribution in [-0.4, -0.2) is 101 Å². The number of halogens is 2. The maximum atomic E-state index is 15.8. The van der Waals surface area contributed by atoms with Gasteiger partial charge in [0, 0.05) is 56.8 Å². The minimum atomic E-state index is -3.11. The lowest BCUT2D eigenvalue weighted by Gasteiger charge is -2.47. The first-order chi connectivity index (χ1) is 22.7. The van der Waals surface area contributed by atoms with Gasteiger partial charge >= 0.3 is 0 Å². The van der Waals surface area contributed by atoms with Crippen LogP contribution in [0.2, 0.25) is 0 Å². The second kappa shape index (κ2) is 12.6. The fraction of sp³-hybridized carbons (Fsp3) is 0.389. The molecule has 2 atom stereocenters. The van der Waals surface area contributed by atoms with Crippen LogP contribution in [0.1, 0.15) is 62.7 Å². The average Bonchev–Trinajstić information content (AvgIpc) is 3.40. The van der Waals surface area contributed by atoms with E-state index in [9.17, 15) is 19.2 Å². The van der Waals surface area contributed by atoms with Crippen molar-refractivity contribution in [1.29, 1.82) is 0 Å². The Labute approximate surface area is 272 Å². The number of hydrogen-bond donors (Lipinski definition) is 1. The van der Waals surface area contributed by atoms with E-state index in [4.69, 9.17) is 0 Å². The molecule has 4 aliphatic rings. The Morgan fingerprint density at radius 2 is 1.49 bits per heavy atom. The van der Waals surface area contributed by atoms with Crippen molar-refractivity contribution in [3.8, 4) is 0 Å². The summed E-state index contributed by atoms with van der Waals surface area (Å²) in [6, 6.07) is 23.5. The Morgan fingerprint density at radius 3 is 2.11 bits per heavy atom. The molecule has 4 aliphatic heterocycles. The first-order valence-electron chi connectivity index (χ1n) is 16.2. The van der Waals surface area contributed by atoms with E-state index in [1.807, 2.05) is 41.3 Å². The van der Waals surface area contributed by atoms with Crippen LogP contribution in [0.25, 0.3) is 0 Å². The van der Waals surface area contributed by atoms with Gasteiger partial charge in [-0.1, -0.05) is 66.7 Å². The fourth-order valence-electron chi connectivity index (χ4n) is 7.61. The number of piperidine rings is 2. The maximum absolute atomic E-state index is 15.8. The molecule has 0 radical (unpaired) electrons. The highest BCUT2D eigenvalue weighted by atomic mass is 19.3. The van der Waals surface area contributed by atoms with Crippen molar-refractivity contribution in [2.45, 2.75) is 49.9 Å². The van der Waals surface area contributed by atoms with Crippen molar-refractivity contribution in [2.24, 2.45) is 0 Å². The number of hydrogen-bond acceptors (Lipinski definition) is 6. The van der Waals surface area contributed by atoms with Crippen LogP contribution in [0.4, 0.5) is 8.78 Å². The summed E-state index contributed by atoms with van der Waals surface area (Å²) in [7, 11) is 0. The van der Waals surface area contributed by atoms with E-state index in [0.29, 0.717) is 31.7 Å². The molecule has 0 aromatic heterocycles. The number of nitrogens with zero attached hydrogens (tertiary/aromatic N) is 4. The number of nitrogens with one attached hydrogen (secondary N) is 1. The van der Waals surface area contributed by atoms with Gasteiger partial charge in [-0.3, -0.25) is 34.3 Å². The van der Waals surface area contributed by atoms with Crippen molar-refractivity contribution in [3.05, 3.63) is 107 Å². The molecule has 47 heavy (non-hydrogen) atoms. The van der Waals surface area contributed by atoms with Crippen molar-refractivity contribution >= 4 is 23.6 Å². The third-order valence-corrected chi connectivity index (χ3v) is 10.0. The van der Waals surface area contributed by atoms with Gasteiger partial charge in [0.15, 0.2) is 0 Å². The van der Waals surface area contributed by atoms with Gasteiger partial charge in [0.1, 0.15) is 6.04 Å². The molecule has 3 aromatic rings. The number of fused-ring (bicyclic) bond motifs is 1. The van der Waals surface area contributed by atoms with Crippen LogP contribution in [0.15, 0.2) is 78.9 Å². The Balaban J connectivity index is 0.992. The number of benzene rings is 3. The van der Waals surface area contributed by atoms with Gasteiger partial charge in [-0.2, -0.15) is 0 Å². The molecule has 0 spiro atoms. The molecule has 0 bridgehead atoms. The van der Waals surface area contributed by atoms with Gasteiger partial charge in [-0.05, 0) is 41.7 Å². The molecule has 7 rings (SSSR count). The number of piperazine rings is 1. The first-order valence-corrected chi connectivity index (χ1v) is 16.2. The number of rotatable bonds is 6. The molecule has 244 valence electrons. The molecular formula is C36H37F2N5O4. The molecule has 3 aromatic carbocycles. The van der Waals surface area contributed by atoms with E-state index >= 15 is 8.78 Å². The summed E-state index contributed by atoms with van der Waals surface area (Å²) >= 11 is 0. The summed E-state index contributed by atoms with van der Waals surface area (Å²) < 4.78 is 31.6. The van der Waals surface area contributed by atoms with E-state index in [0.717, 1.165) is 0 Å². The van der Waals surface area contributed by atoms with Gasteiger partial charge in [-0.15, -0.1) is 0 Å². The number of carbonyl (C=O) groups is 4. The summed E-state index contributed by atoms with van der Waals surface area (Å²) in [6.07, 6.45) is 0.518. The molecule has 4 amide bonds. The summed E-state index contributed by atoms with van der Waals surface area (Å²) in [6.45, 7) is 1.96. The van der Waals surface area contributed by atoms with Crippen molar-refractivity contribution in [2.75, 3.05) is 39.3 Å². The van der Waals surface area contributed by atoms with Gasteiger partial charge in [0.2, 0.25) is 11.8 Å². The van der Waals surface area contributed by atoms with E-state index in [-0.39, 0.29) is 55.4 Å². The van der Waals surface area contributed by atoms with Crippen LogP contribution in [0.5, 0.6) is 0 Å². The Kier molecular flexibility index (Phi) is 8.36. The van der Waals surface area contributed by atoms with Gasteiger partial charge in [-0.25, -0.2) is 8.78 Å². The molecule has 11 heteroatoms. The molecule has 3 fully saturated rings. The first kappa shape index (κ1) is 31.1. The largest absolute Gasteiger partial charge is 0.332 e. The van der Waals surface area contributed by atoms with Crippen molar-refractivity contribution in [1.82, 2.24) is 24.9 Å². The van der Waals surface area contributed by atoms with E-state index in [1.54, 1.807) is 12.1 Å². The summed E-state index contributed by atoms with van der Waals surface area (Å²) in [5, 5.41) is 2.27. The molecular weight excluding hydrogens is 604 g/mol. The Bertz CT molecular complexity index is 1640. The zero-order chi connectivity index (χ0) is 32.7. The quantitative estimate of drug-likeness (QED) is 0.413. The third-order valence-electron chi connectivity index (χ3n) is 10.0. The van der Waals surface area contributed by atoms with Gasteiger partial charge in [0.05, 0.1) is 18.6 Å². The Morgan fingerprint density at radius 1 is 0.830 bits per heavy atom. The molecule has 3 saturated heterocycles. The lowest BCUT2D eigenvalue weighted by Crippen LogP contribution is -2.62. The predicted octanol–water partition coefficient (Wildman–Crippen LogP) is 3.70. The Hall–Kier alpha value is -4.48. The third kappa shape index (κ3) is 6.05. The zero-order valence-electron chi connectivity index (χ0n) is 26.0. The SMILES string of the molecule is O=C1CCC(N2Cc3ccc(C(=O)N4CCC(N5CCN(C(c6ccccc6)c6ccccc6)CC5)C(F)(F)C4)cc3C2=O)C(=O)N1. The maximum Gasteiger partial charge on any atom is 0.280 e. The van der Waals surface area contributed by atoms with Crippen LogP contribution < -0.4 is 5.32 Å². The zero-order valence-corrected chi connectivity index (χ0v) is 26.0. The van der Waals surface area contributed by atoms with E-state index in [2.05, 4.69) is 34.5 Å². The molecule has 0 aliphatic carbocycles. The topological polar surface area (TPSA) is 93.3 Å². The standard InChI is InChI=1S/C36H37F2N5O4/c37-36(38)23-42(34(46)26-11-12-27-22-43(35(47)28(27)21-26)29-13-14-31(44)39-33(29)45)16-15-30(36)40-17-19-41(20-18-40)32(24-7-3-1-4-8-24)25-9-5-2-6-10-25/h1-12,21,29-30,32H,13-20,22-23H2,(H,39,44,45). The highest BCUT2D eigenvalue weighted by Crippen LogP contribution is 2.36. The van der Waals surface area contributed by atoms with Crippen LogP contribution in [0, 0.1) is 0 Å². The summed E-state index contributed by atoms with van der Waals surface area (Å²) in [5.74, 6) is -4.95. The highest BCUT2D eigenvalue weighted by molar-refractivity contribution is 6.06. The van der Waals surface area contributed by atoms with Crippen molar-refractivity contribution < 1.29 is 28.0 Å². The minimum absolute atomic E-state index is 0.0369. The van der Waals surface area contributed by atoms with Crippen LogP contribution in [0.3, 0.4) is 0 Å². The monoisotopic (exact) mass is 641 g/mol. The number of carbonyl (C=O) groups excluding carboxylic acids is 4. The number of alkyl halides is 2. The molecule has 9 nitrogen and oxygen atoms in total. The lowest BCUT2D eigenvalue weighted by molar-refractivity contribution is -0.136. The normalized spacial score (nSPS) is 23.6. The lowest BCUT2D eigenvalue weighted by atomic mass is 9.94. The number of likely N-dealkylation sites (tertiary alicyclic amines) is 1. The summed E-state index contributed by atoms with van der Waals surface area (Å²) in [5.41, 5.74) is 3.44. The molecule has 0 saturated carbocycles. The van der Waals surface area contributed by atoms with Gasteiger partial charge in [0.25, 0.3) is 17.7 Å². The number of amides is 4. The van der Waals surface area contributed by atoms with Crippen LogP contribution >= 0.6 is 0 Å². The smallest absolute Gasteiger partial charge is 0.280 e.